The van der Waals surface area contributed by atoms with E-state index in [4.69, 9.17) is 9.97 Å². The van der Waals surface area contributed by atoms with Crippen molar-refractivity contribution in [3.05, 3.63) is 42.4 Å². The largest absolute Gasteiger partial charge is 0.389 e. The van der Waals surface area contributed by atoms with Crippen LogP contribution >= 0.6 is 0 Å². The van der Waals surface area contributed by atoms with Crippen LogP contribution in [0.3, 0.4) is 0 Å². The quantitative estimate of drug-likeness (QED) is 0.411. The second kappa shape index (κ2) is 10.4. The maximum absolute atomic E-state index is 11.8. The number of anilines is 3. The van der Waals surface area contributed by atoms with E-state index >= 15 is 0 Å². The molecule has 1 amide bonds. The fourth-order valence-electron chi connectivity index (χ4n) is 6.13. The van der Waals surface area contributed by atoms with Crippen molar-refractivity contribution in [1.29, 1.82) is 0 Å². The smallest absolute Gasteiger partial charge is 0.219 e. The van der Waals surface area contributed by atoms with Gasteiger partial charge < -0.3 is 25.5 Å². The number of pyridine rings is 1. The number of piperidine rings is 1. The predicted molar refractivity (Wildman–Crippen MR) is 153 cm³/mol. The highest BCUT2D eigenvalue weighted by molar-refractivity contribution is 5.73. The van der Waals surface area contributed by atoms with Crippen molar-refractivity contribution in [2.24, 2.45) is 5.41 Å². The van der Waals surface area contributed by atoms with Crippen LogP contribution in [0, 0.1) is 5.41 Å². The minimum atomic E-state index is -0.881. The van der Waals surface area contributed by atoms with Gasteiger partial charge in [0.15, 0.2) is 5.82 Å². The van der Waals surface area contributed by atoms with Crippen LogP contribution in [0.4, 0.5) is 17.5 Å². The zero-order valence-electron chi connectivity index (χ0n) is 23.6. The van der Waals surface area contributed by atoms with E-state index in [1.54, 1.807) is 31.6 Å². The highest BCUT2D eigenvalue weighted by Gasteiger charge is 2.45. The molecule has 40 heavy (non-hydrogen) atoms. The summed E-state index contributed by atoms with van der Waals surface area (Å²) in [5.74, 6) is 3.53. The van der Waals surface area contributed by atoms with Gasteiger partial charge in [0.05, 0.1) is 23.9 Å². The predicted octanol–water partition coefficient (Wildman–Crippen LogP) is 2.78. The molecular formula is C29H39N9O2. The van der Waals surface area contributed by atoms with Crippen LogP contribution in [0.15, 0.2) is 36.8 Å². The van der Waals surface area contributed by atoms with Crippen LogP contribution in [0.5, 0.6) is 0 Å². The van der Waals surface area contributed by atoms with E-state index in [1.165, 1.54) is 5.56 Å². The molecule has 3 aromatic rings. The summed E-state index contributed by atoms with van der Waals surface area (Å²) in [7, 11) is 0. The molecule has 0 bridgehead atoms. The van der Waals surface area contributed by atoms with Crippen LogP contribution < -0.4 is 15.5 Å². The molecule has 0 saturated carbocycles. The Kier molecular flexibility index (Phi) is 6.95. The lowest BCUT2D eigenvalue weighted by Crippen LogP contribution is -2.61. The summed E-state index contributed by atoms with van der Waals surface area (Å²) in [6.07, 6.45) is 8.63. The van der Waals surface area contributed by atoms with Crippen LogP contribution in [-0.2, 0) is 11.3 Å². The van der Waals surface area contributed by atoms with Crippen LogP contribution in [0.2, 0.25) is 0 Å². The van der Waals surface area contributed by atoms with E-state index in [0.29, 0.717) is 24.1 Å². The first-order chi connectivity index (χ1) is 19.1. The van der Waals surface area contributed by atoms with Crippen LogP contribution in [-0.4, -0.2) is 85.5 Å². The molecule has 6 rings (SSSR count). The molecule has 11 heteroatoms. The SMILES string of the molecule is CC(=O)N1CCC2(CC1)CN(c1cc(Nc3cc(C4CCNC4)ccn3)nc(-c3cnn(CC(C)(C)O)c3)n1)C2. The van der Waals surface area contributed by atoms with Gasteiger partial charge in [0.2, 0.25) is 5.91 Å². The van der Waals surface area contributed by atoms with Crippen LogP contribution in [0.1, 0.15) is 51.5 Å². The highest BCUT2D eigenvalue weighted by Crippen LogP contribution is 2.43. The maximum Gasteiger partial charge on any atom is 0.219 e. The van der Waals surface area contributed by atoms with Crippen molar-refractivity contribution in [3.8, 4) is 11.4 Å². The van der Waals surface area contributed by atoms with Gasteiger partial charge in [-0.15, -0.1) is 0 Å². The summed E-state index contributed by atoms with van der Waals surface area (Å²) in [6.45, 7) is 11.0. The van der Waals surface area contributed by atoms with E-state index in [1.807, 2.05) is 23.4 Å². The van der Waals surface area contributed by atoms with Gasteiger partial charge in [0.25, 0.3) is 0 Å². The number of aliphatic hydroxyl groups is 1. The lowest BCUT2D eigenvalue weighted by atomic mass is 9.72. The number of likely N-dealkylation sites (tertiary alicyclic amines) is 1. The number of aromatic nitrogens is 5. The number of carbonyl (C=O) groups is 1. The molecule has 0 aromatic carbocycles. The molecule has 1 atom stereocenters. The Morgan fingerprint density at radius 3 is 2.70 bits per heavy atom. The van der Waals surface area contributed by atoms with E-state index in [0.717, 1.165) is 75.7 Å². The summed E-state index contributed by atoms with van der Waals surface area (Å²) >= 11 is 0. The maximum atomic E-state index is 11.8. The van der Waals surface area contributed by atoms with Crippen molar-refractivity contribution < 1.29 is 9.90 Å². The van der Waals surface area contributed by atoms with E-state index < -0.39 is 5.60 Å². The Balaban J connectivity index is 1.25. The van der Waals surface area contributed by atoms with Crippen molar-refractivity contribution in [3.63, 3.8) is 0 Å². The standard InChI is InChI=1S/C29H39N9O2/c1-20(39)36-10-6-29(7-11-36)18-37(19-29)26-13-25(33-24-12-21(5-9-31-24)22-4-8-30-14-22)34-27(35-26)23-15-32-38(16-23)17-28(2,3)40/h5,9,12-13,15-16,22,30,40H,4,6-8,10-11,14,17-19H2,1-3H3,(H,31,33,34,35). The lowest BCUT2D eigenvalue weighted by molar-refractivity contribution is -0.131. The highest BCUT2D eigenvalue weighted by atomic mass is 16.3. The Bertz CT molecular complexity index is 1360. The van der Waals surface area contributed by atoms with Crippen molar-refractivity contribution in [2.75, 3.05) is 49.5 Å². The number of hydrogen-bond donors (Lipinski definition) is 3. The Labute approximate surface area is 235 Å². The van der Waals surface area contributed by atoms with Crippen LogP contribution in [0.25, 0.3) is 11.4 Å². The van der Waals surface area contributed by atoms with Crippen molar-refractivity contribution in [1.82, 2.24) is 34.9 Å². The Hall–Kier alpha value is -3.57. The van der Waals surface area contributed by atoms with Crippen molar-refractivity contribution >= 4 is 23.4 Å². The van der Waals surface area contributed by atoms with Gasteiger partial charge in [0.1, 0.15) is 17.5 Å². The Morgan fingerprint density at radius 1 is 1.20 bits per heavy atom. The minimum absolute atomic E-state index is 0.161. The monoisotopic (exact) mass is 545 g/mol. The zero-order chi connectivity index (χ0) is 27.9. The first kappa shape index (κ1) is 26.6. The molecule has 3 fully saturated rings. The van der Waals surface area contributed by atoms with E-state index in [-0.39, 0.29) is 11.3 Å². The average molecular weight is 546 g/mol. The molecule has 3 aromatic heterocycles. The third-order valence-electron chi connectivity index (χ3n) is 8.37. The van der Waals surface area contributed by atoms with Gasteiger partial charge in [-0.1, -0.05) is 0 Å². The van der Waals surface area contributed by atoms with E-state index in [9.17, 15) is 9.90 Å². The molecule has 1 spiro atoms. The number of amides is 1. The fraction of sp³-hybridized carbons (Fsp3) is 0.552. The van der Waals surface area contributed by atoms with Gasteiger partial charge in [-0.05, 0) is 63.3 Å². The number of nitrogens with zero attached hydrogens (tertiary/aromatic N) is 7. The summed E-state index contributed by atoms with van der Waals surface area (Å²) in [6, 6.07) is 6.20. The number of nitrogens with one attached hydrogen (secondary N) is 2. The molecular weight excluding hydrogens is 506 g/mol. The van der Waals surface area contributed by atoms with Gasteiger partial charge in [-0.25, -0.2) is 15.0 Å². The fourth-order valence-corrected chi connectivity index (χ4v) is 6.13. The lowest BCUT2D eigenvalue weighted by Gasteiger charge is -2.54. The number of rotatable bonds is 7. The average Bonchev–Trinajstić information content (AvgIpc) is 3.59. The molecule has 1 unspecified atom stereocenters. The van der Waals surface area contributed by atoms with E-state index in [2.05, 4.69) is 37.7 Å². The molecule has 212 valence electrons. The zero-order valence-corrected chi connectivity index (χ0v) is 23.6. The third kappa shape index (κ3) is 5.80. The number of carbonyl (C=O) groups excluding carboxylic acids is 1. The molecule has 0 aliphatic carbocycles. The third-order valence-corrected chi connectivity index (χ3v) is 8.37. The Morgan fingerprint density at radius 2 is 2.00 bits per heavy atom. The summed E-state index contributed by atoms with van der Waals surface area (Å²) in [5, 5.41) is 21.6. The van der Waals surface area contributed by atoms with Gasteiger partial charge >= 0.3 is 0 Å². The summed E-state index contributed by atoms with van der Waals surface area (Å²) < 4.78 is 1.72. The van der Waals surface area contributed by atoms with Gasteiger partial charge in [-0.2, -0.15) is 5.10 Å². The minimum Gasteiger partial charge on any atom is -0.389 e. The second-order valence-corrected chi connectivity index (χ2v) is 12.3. The first-order valence-electron chi connectivity index (χ1n) is 14.2. The second-order valence-electron chi connectivity index (χ2n) is 12.3. The van der Waals surface area contributed by atoms with Gasteiger partial charge in [0, 0.05) is 63.5 Å². The molecule has 3 aliphatic heterocycles. The topological polar surface area (TPSA) is 124 Å². The molecule has 11 nitrogen and oxygen atoms in total. The molecule has 0 radical (unpaired) electrons. The summed E-state index contributed by atoms with van der Waals surface area (Å²) in [4.78, 5) is 30.4. The molecule has 6 heterocycles. The molecule has 3 saturated heterocycles. The molecule has 3 N–H and O–H groups in total. The first-order valence-corrected chi connectivity index (χ1v) is 14.2. The number of hydrogen-bond acceptors (Lipinski definition) is 9. The van der Waals surface area contributed by atoms with Crippen molar-refractivity contribution in [2.45, 2.75) is 58.1 Å². The normalized spacial score (nSPS) is 20.6. The molecule has 3 aliphatic rings. The van der Waals surface area contributed by atoms with Gasteiger partial charge in [-0.3, -0.25) is 9.48 Å². The summed E-state index contributed by atoms with van der Waals surface area (Å²) in [5.41, 5.74) is 1.41.